The van der Waals surface area contributed by atoms with Crippen LogP contribution < -0.4 is 10.6 Å². The normalized spacial score (nSPS) is 25.1. The number of carbonyl (C=O) groups is 3. The summed E-state index contributed by atoms with van der Waals surface area (Å²) in [5.41, 5.74) is 6.50. The third-order valence-electron chi connectivity index (χ3n) is 4.64. The second-order valence-electron chi connectivity index (χ2n) is 6.31. The average Bonchev–Trinajstić information content (AvgIpc) is 3.12. The molecule has 2 aliphatic heterocycles. The topological polar surface area (TPSA) is 106 Å². The van der Waals surface area contributed by atoms with Gasteiger partial charge in [-0.05, 0) is 42.0 Å². The van der Waals surface area contributed by atoms with Crippen molar-refractivity contribution in [1.29, 1.82) is 0 Å². The fraction of sp³-hybridized carbons (Fsp3) is 0.222. The molecule has 2 N–H and O–H groups in total. The highest BCUT2D eigenvalue weighted by atomic mass is 79.9. The fourth-order valence-electron chi connectivity index (χ4n) is 3.54. The van der Waals surface area contributed by atoms with Gasteiger partial charge >= 0.3 is 0 Å². The fourth-order valence-corrected chi connectivity index (χ4v) is 3.80. The zero-order chi connectivity index (χ0) is 19.1. The van der Waals surface area contributed by atoms with Crippen molar-refractivity contribution in [3.63, 3.8) is 0 Å². The number of pyridine rings is 1. The highest BCUT2D eigenvalue weighted by Gasteiger charge is 2.60. The number of amides is 3. The summed E-state index contributed by atoms with van der Waals surface area (Å²) >= 11 is 3.33. The molecule has 3 heterocycles. The molecule has 0 radical (unpaired) electrons. The molecule has 8 nitrogen and oxygen atoms in total. The number of hydroxylamine groups is 2. The van der Waals surface area contributed by atoms with E-state index in [1.807, 2.05) is 0 Å². The Morgan fingerprint density at radius 1 is 1.11 bits per heavy atom. The number of aromatic nitrogens is 1. The molecule has 0 spiro atoms. The zero-order valence-electron chi connectivity index (χ0n) is 14.0. The molecule has 0 aliphatic carbocycles. The Balaban J connectivity index is 1.72. The van der Waals surface area contributed by atoms with Gasteiger partial charge in [0, 0.05) is 16.9 Å². The van der Waals surface area contributed by atoms with Crippen molar-refractivity contribution >= 4 is 39.3 Å². The maximum Gasteiger partial charge on any atom is 0.265 e. The predicted molar refractivity (Wildman–Crippen MR) is 97.9 cm³/mol. The van der Waals surface area contributed by atoms with Crippen LogP contribution in [0.1, 0.15) is 11.6 Å². The molecule has 1 aromatic carbocycles. The van der Waals surface area contributed by atoms with Crippen molar-refractivity contribution in [2.75, 3.05) is 11.4 Å². The highest BCUT2D eigenvalue weighted by molar-refractivity contribution is 9.10. The minimum atomic E-state index is -1.00. The van der Waals surface area contributed by atoms with E-state index >= 15 is 0 Å². The lowest BCUT2D eigenvalue weighted by Crippen LogP contribution is -2.40. The van der Waals surface area contributed by atoms with Crippen LogP contribution in [-0.2, 0) is 19.2 Å². The standard InChI is InChI=1S/C18H15BrN4O4/c19-11-1-3-12(4-2-11)23-17(25)14-15(10-5-7-21-8-6-10)22(9-13(20)24)27-16(14)18(23)26/h1-8,14-16H,9H2,(H2,20,24). The summed E-state index contributed by atoms with van der Waals surface area (Å²) < 4.78 is 0.837. The number of hydrogen-bond acceptors (Lipinski definition) is 6. The van der Waals surface area contributed by atoms with Gasteiger partial charge in [-0.2, -0.15) is 5.06 Å². The van der Waals surface area contributed by atoms with Crippen molar-refractivity contribution in [1.82, 2.24) is 10.0 Å². The van der Waals surface area contributed by atoms with E-state index in [1.165, 1.54) is 5.06 Å². The molecule has 0 saturated carbocycles. The van der Waals surface area contributed by atoms with Gasteiger partial charge in [0.05, 0.1) is 17.6 Å². The summed E-state index contributed by atoms with van der Waals surface area (Å²) in [5.74, 6) is -2.22. The lowest BCUT2D eigenvalue weighted by molar-refractivity contribution is -0.175. The second kappa shape index (κ2) is 6.84. The van der Waals surface area contributed by atoms with Crippen LogP contribution >= 0.6 is 15.9 Å². The number of nitrogens with zero attached hydrogens (tertiary/aromatic N) is 3. The molecule has 138 valence electrons. The minimum absolute atomic E-state index is 0.223. The van der Waals surface area contributed by atoms with Gasteiger partial charge < -0.3 is 5.73 Å². The van der Waals surface area contributed by atoms with Crippen molar-refractivity contribution in [2.24, 2.45) is 11.7 Å². The number of nitrogens with two attached hydrogens (primary N) is 1. The van der Waals surface area contributed by atoms with E-state index in [0.717, 1.165) is 14.9 Å². The molecule has 27 heavy (non-hydrogen) atoms. The third-order valence-corrected chi connectivity index (χ3v) is 5.17. The van der Waals surface area contributed by atoms with Crippen LogP contribution in [-0.4, -0.2) is 40.4 Å². The summed E-state index contributed by atoms with van der Waals surface area (Å²) in [6, 6.07) is 9.72. The molecule has 3 atom stereocenters. The Morgan fingerprint density at radius 3 is 2.41 bits per heavy atom. The summed E-state index contributed by atoms with van der Waals surface area (Å²) in [4.78, 5) is 48.3. The van der Waals surface area contributed by atoms with E-state index in [1.54, 1.807) is 48.8 Å². The zero-order valence-corrected chi connectivity index (χ0v) is 15.6. The lowest BCUT2D eigenvalue weighted by Gasteiger charge is -2.26. The molecule has 3 amide bonds. The Kier molecular flexibility index (Phi) is 4.50. The molecule has 2 aliphatic rings. The Bertz CT molecular complexity index is 905. The van der Waals surface area contributed by atoms with Crippen molar-refractivity contribution in [3.8, 4) is 0 Å². The van der Waals surface area contributed by atoms with Crippen molar-refractivity contribution in [3.05, 3.63) is 58.8 Å². The molecule has 9 heteroatoms. The van der Waals surface area contributed by atoms with Gasteiger partial charge in [0.1, 0.15) is 6.54 Å². The van der Waals surface area contributed by atoms with Gasteiger partial charge in [-0.1, -0.05) is 15.9 Å². The van der Waals surface area contributed by atoms with Gasteiger partial charge in [0.15, 0.2) is 6.10 Å². The Labute approximate surface area is 163 Å². The largest absolute Gasteiger partial charge is 0.368 e. The first-order valence-electron chi connectivity index (χ1n) is 8.22. The quantitative estimate of drug-likeness (QED) is 0.729. The van der Waals surface area contributed by atoms with Crippen LogP contribution in [0.5, 0.6) is 0 Å². The molecule has 0 bridgehead atoms. The maximum atomic E-state index is 13.2. The number of imide groups is 1. The SMILES string of the molecule is NC(=O)CN1OC2C(=O)N(c3ccc(Br)cc3)C(=O)C2C1c1ccncc1. The van der Waals surface area contributed by atoms with Crippen LogP contribution in [0.15, 0.2) is 53.3 Å². The number of fused-ring (bicyclic) bond motifs is 1. The van der Waals surface area contributed by atoms with Gasteiger partial charge in [0.2, 0.25) is 11.8 Å². The minimum Gasteiger partial charge on any atom is -0.368 e. The molecular weight excluding hydrogens is 416 g/mol. The lowest BCUT2D eigenvalue weighted by atomic mass is 9.91. The average molecular weight is 431 g/mol. The summed E-state index contributed by atoms with van der Waals surface area (Å²) in [5, 5.41) is 1.32. The number of anilines is 1. The number of primary amides is 1. The van der Waals surface area contributed by atoms with E-state index in [2.05, 4.69) is 20.9 Å². The summed E-state index contributed by atoms with van der Waals surface area (Å²) in [6.45, 7) is -0.223. The predicted octanol–water partition coefficient (Wildman–Crippen LogP) is 1.18. The van der Waals surface area contributed by atoms with Crippen molar-refractivity contribution in [2.45, 2.75) is 12.1 Å². The molecule has 1 aromatic heterocycles. The second-order valence-corrected chi connectivity index (χ2v) is 7.22. The van der Waals surface area contributed by atoms with Crippen LogP contribution in [0.4, 0.5) is 5.69 Å². The van der Waals surface area contributed by atoms with Crippen LogP contribution in [0.25, 0.3) is 0 Å². The first-order valence-corrected chi connectivity index (χ1v) is 9.01. The highest BCUT2D eigenvalue weighted by Crippen LogP contribution is 2.45. The smallest absolute Gasteiger partial charge is 0.265 e. The number of rotatable bonds is 4. The monoisotopic (exact) mass is 430 g/mol. The van der Waals surface area contributed by atoms with Gasteiger partial charge in [-0.15, -0.1) is 0 Å². The molecular formula is C18H15BrN4O4. The maximum absolute atomic E-state index is 13.2. The number of halogens is 1. The van der Waals surface area contributed by atoms with Gasteiger partial charge in [-0.3, -0.25) is 24.2 Å². The van der Waals surface area contributed by atoms with Crippen LogP contribution in [0.2, 0.25) is 0 Å². The van der Waals surface area contributed by atoms with Crippen molar-refractivity contribution < 1.29 is 19.2 Å². The van der Waals surface area contributed by atoms with E-state index in [4.69, 9.17) is 10.6 Å². The van der Waals surface area contributed by atoms with E-state index in [0.29, 0.717) is 5.69 Å². The van der Waals surface area contributed by atoms with Gasteiger partial charge in [0.25, 0.3) is 5.91 Å². The third kappa shape index (κ3) is 3.03. The Hall–Kier alpha value is -2.62. The molecule has 2 fully saturated rings. The van der Waals surface area contributed by atoms with E-state index < -0.39 is 29.9 Å². The molecule has 3 unspecified atom stereocenters. The summed E-state index contributed by atoms with van der Waals surface area (Å²) in [7, 11) is 0. The number of benzene rings is 1. The first kappa shape index (κ1) is 17.8. The summed E-state index contributed by atoms with van der Waals surface area (Å²) in [6.07, 6.45) is 2.16. The number of carbonyl (C=O) groups excluding carboxylic acids is 3. The van der Waals surface area contributed by atoms with Gasteiger partial charge in [-0.25, -0.2) is 4.90 Å². The van der Waals surface area contributed by atoms with E-state index in [-0.39, 0.29) is 12.5 Å². The Morgan fingerprint density at radius 2 is 1.78 bits per heavy atom. The van der Waals surface area contributed by atoms with E-state index in [9.17, 15) is 14.4 Å². The van der Waals surface area contributed by atoms with Crippen LogP contribution in [0.3, 0.4) is 0 Å². The first-order chi connectivity index (χ1) is 13.0. The van der Waals surface area contributed by atoms with Crippen LogP contribution in [0, 0.1) is 5.92 Å². The molecule has 2 aromatic rings. The molecule has 2 saturated heterocycles. The number of hydrogen-bond donors (Lipinski definition) is 1. The molecule has 4 rings (SSSR count).